The molecule has 0 fully saturated rings. The first-order valence-electron chi connectivity index (χ1n) is 5.92. The van der Waals surface area contributed by atoms with Crippen LogP contribution < -0.4 is 5.73 Å². The van der Waals surface area contributed by atoms with Crippen molar-refractivity contribution in [3.05, 3.63) is 11.4 Å². The number of ether oxygens (including phenoxy) is 1. The molecule has 0 aliphatic heterocycles. The number of aliphatic hydroxyl groups is 1. The molecule has 1 aromatic rings. The van der Waals surface area contributed by atoms with Crippen LogP contribution in [0.1, 0.15) is 29.5 Å². The van der Waals surface area contributed by atoms with Gasteiger partial charge in [-0.05, 0) is 12.3 Å². The van der Waals surface area contributed by atoms with Gasteiger partial charge in [0.1, 0.15) is 0 Å². The topological polar surface area (TPSA) is 103 Å². The van der Waals surface area contributed by atoms with Crippen LogP contribution in [0.2, 0.25) is 0 Å². The number of methoxy groups -OCH3 is 1. The highest BCUT2D eigenvalue weighted by Gasteiger charge is 2.18. The molecule has 0 saturated heterocycles. The Labute approximate surface area is 106 Å². The maximum atomic E-state index is 11.2. The van der Waals surface area contributed by atoms with E-state index in [1.807, 2.05) is 6.92 Å². The minimum absolute atomic E-state index is 0.131. The zero-order chi connectivity index (χ0) is 13.5. The lowest BCUT2D eigenvalue weighted by Gasteiger charge is -2.12. The number of carbonyl (C=O) groups excluding carboxylic acids is 1. The average molecular weight is 256 g/mol. The van der Waals surface area contributed by atoms with Crippen LogP contribution in [0.4, 0.5) is 0 Å². The summed E-state index contributed by atoms with van der Waals surface area (Å²) < 4.78 is 6.66. The van der Waals surface area contributed by atoms with E-state index in [-0.39, 0.29) is 18.2 Å². The molecule has 0 aliphatic carbocycles. The van der Waals surface area contributed by atoms with Crippen molar-refractivity contribution < 1.29 is 14.6 Å². The Hall–Kier alpha value is -1.47. The van der Waals surface area contributed by atoms with E-state index in [0.29, 0.717) is 31.7 Å². The molecular weight excluding hydrogens is 236 g/mol. The summed E-state index contributed by atoms with van der Waals surface area (Å²) in [4.78, 5) is 11.2. The fraction of sp³-hybridized carbons (Fsp3) is 0.727. The van der Waals surface area contributed by atoms with Gasteiger partial charge >= 0.3 is 0 Å². The Kier molecular flexibility index (Phi) is 5.73. The lowest BCUT2D eigenvalue weighted by Crippen LogP contribution is -2.18. The van der Waals surface area contributed by atoms with Crippen molar-refractivity contribution in [2.45, 2.75) is 26.3 Å². The van der Waals surface area contributed by atoms with Crippen LogP contribution in [0.15, 0.2) is 0 Å². The highest BCUT2D eigenvalue weighted by molar-refractivity contribution is 5.91. The van der Waals surface area contributed by atoms with Crippen LogP contribution in [0.3, 0.4) is 0 Å². The van der Waals surface area contributed by atoms with E-state index in [1.54, 1.807) is 11.8 Å². The molecule has 0 aliphatic rings. The van der Waals surface area contributed by atoms with Gasteiger partial charge in [0.25, 0.3) is 5.91 Å². The molecule has 0 radical (unpaired) electrons. The van der Waals surface area contributed by atoms with E-state index in [0.717, 1.165) is 0 Å². The molecule has 7 heteroatoms. The predicted molar refractivity (Wildman–Crippen MR) is 65.0 cm³/mol. The van der Waals surface area contributed by atoms with Gasteiger partial charge in [0, 0.05) is 26.7 Å². The van der Waals surface area contributed by atoms with Crippen LogP contribution in [0, 0.1) is 5.92 Å². The van der Waals surface area contributed by atoms with Gasteiger partial charge in [0.15, 0.2) is 5.69 Å². The summed E-state index contributed by atoms with van der Waals surface area (Å²) >= 11 is 0. The smallest absolute Gasteiger partial charge is 0.271 e. The Morgan fingerprint density at radius 1 is 1.61 bits per heavy atom. The van der Waals surface area contributed by atoms with Gasteiger partial charge in [0.05, 0.1) is 12.3 Å². The Morgan fingerprint density at radius 2 is 2.33 bits per heavy atom. The lowest BCUT2D eigenvalue weighted by atomic mass is 10.1. The van der Waals surface area contributed by atoms with Crippen LogP contribution in [0.5, 0.6) is 0 Å². The fourth-order valence-corrected chi connectivity index (χ4v) is 1.72. The van der Waals surface area contributed by atoms with Crippen molar-refractivity contribution in [3.63, 3.8) is 0 Å². The van der Waals surface area contributed by atoms with Gasteiger partial charge in [-0.3, -0.25) is 4.79 Å². The molecular formula is C11H20N4O3. The van der Waals surface area contributed by atoms with E-state index in [1.165, 1.54) is 0 Å². The standard InChI is InChI=1S/C11H20N4O3/c1-8(3-5-16)7-15-9(4-6-18-2)10(11(12)17)13-14-15/h8,16H,3-7H2,1-2H3,(H2,12,17). The Balaban J connectivity index is 2.85. The number of hydrogen-bond donors (Lipinski definition) is 2. The maximum Gasteiger partial charge on any atom is 0.271 e. The summed E-state index contributed by atoms with van der Waals surface area (Å²) in [6, 6.07) is 0. The zero-order valence-corrected chi connectivity index (χ0v) is 10.8. The molecule has 0 saturated carbocycles. The normalized spacial score (nSPS) is 12.6. The van der Waals surface area contributed by atoms with E-state index < -0.39 is 5.91 Å². The van der Waals surface area contributed by atoms with E-state index >= 15 is 0 Å². The Morgan fingerprint density at radius 3 is 2.89 bits per heavy atom. The maximum absolute atomic E-state index is 11.2. The quantitative estimate of drug-likeness (QED) is 0.657. The van der Waals surface area contributed by atoms with Gasteiger partial charge in [-0.15, -0.1) is 5.10 Å². The van der Waals surface area contributed by atoms with Crippen LogP contribution in [-0.4, -0.2) is 46.3 Å². The summed E-state index contributed by atoms with van der Waals surface area (Å²) in [5.74, 6) is -0.333. The molecule has 7 nitrogen and oxygen atoms in total. The van der Waals surface area contributed by atoms with E-state index in [9.17, 15) is 4.79 Å². The minimum Gasteiger partial charge on any atom is -0.396 e. The number of aromatic nitrogens is 3. The van der Waals surface area contributed by atoms with Crippen LogP contribution in [0.25, 0.3) is 0 Å². The minimum atomic E-state index is -0.581. The number of rotatable bonds is 8. The first kappa shape index (κ1) is 14.6. The van der Waals surface area contributed by atoms with Crippen molar-refractivity contribution in [1.82, 2.24) is 15.0 Å². The molecule has 1 atom stereocenters. The van der Waals surface area contributed by atoms with Gasteiger partial charge in [-0.2, -0.15) is 0 Å². The summed E-state index contributed by atoms with van der Waals surface area (Å²) in [6.07, 6.45) is 1.21. The second kappa shape index (κ2) is 7.07. The van der Waals surface area contributed by atoms with Crippen molar-refractivity contribution in [2.75, 3.05) is 20.3 Å². The van der Waals surface area contributed by atoms with Crippen LogP contribution in [-0.2, 0) is 17.7 Å². The molecule has 3 N–H and O–H groups in total. The summed E-state index contributed by atoms with van der Waals surface area (Å²) in [7, 11) is 1.59. The third-order valence-electron chi connectivity index (χ3n) is 2.72. The van der Waals surface area contributed by atoms with Gasteiger partial charge in [0.2, 0.25) is 0 Å². The largest absolute Gasteiger partial charge is 0.396 e. The van der Waals surface area contributed by atoms with Crippen molar-refractivity contribution >= 4 is 5.91 Å². The number of nitrogens with two attached hydrogens (primary N) is 1. The summed E-state index contributed by atoms with van der Waals surface area (Å²) in [5, 5.41) is 16.6. The molecule has 18 heavy (non-hydrogen) atoms. The third kappa shape index (κ3) is 3.78. The summed E-state index contributed by atoms with van der Waals surface area (Å²) in [6.45, 7) is 3.20. The first-order chi connectivity index (χ1) is 8.60. The fourth-order valence-electron chi connectivity index (χ4n) is 1.72. The summed E-state index contributed by atoms with van der Waals surface area (Å²) in [5.41, 5.74) is 6.14. The van der Waals surface area contributed by atoms with Crippen molar-refractivity contribution in [1.29, 1.82) is 0 Å². The second-order valence-corrected chi connectivity index (χ2v) is 4.29. The van der Waals surface area contributed by atoms with E-state index in [2.05, 4.69) is 10.3 Å². The zero-order valence-electron chi connectivity index (χ0n) is 10.8. The molecule has 1 unspecified atom stereocenters. The highest BCUT2D eigenvalue weighted by atomic mass is 16.5. The molecule has 102 valence electrons. The molecule has 0 aromatic carbocycles. The Bertz CT molecular complexity index is 392. The number of aliphatic hydroxyl groups excluding tert-OH is 1. The molecule has 1 amide bonds. The highest BCUT2D eigenvalue weighted by Crippen LogP contribution is 2.11. The number of nitrogens with zero attached hydrogens (tertiary/aromatic N) is 3. The predicted octanol–water partition coefficient (Wildman–Crippen LogP) is -0.416. The number of amides is 1. The van der Waals surface area contributed by atoms with Gasteiger partial charge in [-0.1, -0.05) is 12.1 Å². The second-order valence-electron chi connectivity index (χ2n) is 4.29. The number of carbonyl (C=O) groups is 1. The lowest BCUT2D eigenvalue weighted by molar-refractivity contribution is 0.0994. The third-order valence-corrected chi connectivity index (χ3v) is 2.72. The number of primary amides is 1. The van der Waals surface area contributed by atoms with E-state index in [4.69, 9.17) is 15.6 Å². The SMILES string of the molecule is COCCc1c(C(N)=O)nnn1CC(C)CCO. The number of hydrogen-bond acceptors (Lipinski definition) is 5. The molecule has 1 heterocycles. The molecule has 1 aromatic heterocycles. The van der Waals surface area contributed by atoms with Crippen LogP contribution >= 0.6 is 0 Å². The van der Waals surface area contributed by atoms with Gasteiger partial charge in [-0.25, -0.2) is 4.68 Å². The average Bonchev–Trinajstić information content (AvgIpc) is 2.69. The van der Waals surface area contributed by atoms with Crippen molar-refractivity contribution in [3.8, 4) is 0 Å². The molecule has 0 spiro atoms. The monoisotopic (exact) mass is 256 g/mol. The molecule has 0 bridgehead atoms. The van der Waals surface area contributed by atoms with Gasteiger partial charge < -0.3 is 15.6 Å². The van der Waals surface area contributed by atoms with Crippen molar-refractivity contribution in [2.24, 2.45) is 11.7 Å². The first-order valence-corrected chi connectivity index (χ1v) is 5.92. The molecule has 1 rings (SSSR count).